The summed E-state index contributed by atoms with van der Waals surface area (Å²) in [4.78, 5) is 30.8. The maximum absolute atomic E-state index is 14.0. The van der Waals surface area contributed by atoms with Crippen LogP contribution in [0.4, 0.5) is 11.4 Å². The first-order valence-electron chi connectivity index (χ1n) is 13.3. The molecule has 2 amide bonds. The lowest BCUT2D eigenvalue weighted by atomic mass is 9.78. The fourth-order valence-corrected chi connectivity index (χ4v) is 5.07. The number of carbonyl (C=O) groups excluding carboxylic acids is 2. The zero-order chi connectivity index (χ0) is 30.3. The lowest BCUT2D eigenvalue weighted by Gasteiger charge is -2.36. The van der Waals surface area contributed by atoms with Gasteiger partial charge in [0.25, 0.3) is 11.8 Å². The average Bonchev–Trinajstić information content (AvgIpc) is 2.91. The van der Waals surface area contributed by atoms with Crippen molar-refractivity contribution in [3.8, 4) is 17.2 Å². The molecule has 0 aliphatic carbocycles. The molecule has 0 spiro atoms. The minimum atomic E-state index is -0.544. The summed E-state index contributed by atoms with van der Waals surface area (Å²) in [6.45, 7) is 12.1. The molecule has 0 aromatic heterocycles. The molecule has 214 valence electrons. The van der Waals surface area contributed by atoms with Gasteiger partial charge in [0.05, 0.1) is 25.6 Å². The Hall–Kier alpha value is -4.17. The van der Waals surface area contributed by atoms with Crippen LogP contribution < -0.4 is 19.3 Å². The van der Waals surface area contributed by atoms with E-state index in [0.29, 0.717) is 28.4 Å². The molecule has 0 radical (unpaired) electrons. The van der Waals surface area contributed by atoms with Gasteiger partial charge in [-0.15, -0.1) is 0 Å². The second kappa shape index (κ2) is 11.0. The van der Waals surface area contributed by atoms with Crippen LogP contribution in [0.2, 0.25) is 0 Å². The Labute approximate surface area is 247 Å². The van der Waals surface area contributed by atoms with E-state index in [1.807, 2.05) is 53.7 Å². The van der Waals surface area contributed by atoms with Gasteiger partial charge in [-0.25, -0.2) is 0 Å². The highest BCUT2D eigenvalue weighted by atomic mass is 32.1. The highest BCUT2D eigenvalue weighted by Crippen LogP contribution is 2.41. The summed E-state index contributed by atoms with van der Waals surface area (Å²) in [5.74, 6) is 0.373. The molecule has 8 heteroatoms. The third-order valence-corrected chi connectivity index (χ3v) is 7.34. The Bertz CT molecular complexity index is 1420. The van der Waals surface area contributed by atoms with Gasteiger partial charge in [-0.2, -0.15) is 0 Å². The van der Waals surface area contributed by atoms with E-state index in [0.717, 1.165) is 11.1 Å². The van der Waals surface area contributed by atoms with Gasteiger partial charge in [-0.3, -0.25) is 19.4 Å². The van der Waals surface area contributed by atoms with Crippen LogP contribution in [0.5, 0.6) is 17.2 Å². The van der Waals surface area contributed by atoms with Crippen LogP contribution in [0.25, 0.3) is 6.08 Å². The summed E-state index contributed by atoms with van der Waals surface area (Å²) >= 11 is 5.75. The second-order valence-corrected chi connectivity index (χ2v) is 12.3. The van der Waals surface area contributed by atoms with E-state index >= 15 is 0 Å². The van der Waals surface area contributed by atoms with E-state index in [4.69, 9.17) is 21.7 Å². The van der Waals surface area contributed by atoms with Crippen LogP contribution in [0.15, 0.2) is 66.2 Å². The van der Waals surface area contributed by atoms with E-state index in [2.05, 4.69) is 0 Å². The summed E-state index contributed by atoms with van der Waals surface area (Å²) in [5, 5.41) is 11.2. The second-order valence-electron chi connectivity index (χ2n) is 12.0. The number of carbonyl (C=O) groups is 2. The molecule has 1 heterocycles. The van der Waals surface area contributed by atoms with Gasteiger partial charge in [0.15, 0.2) is 5.11 Å². The predicted octanol–water partition coefficient (Wildman–Crippen LogP) is 6.75. The molecule has 1 aliphatic rings. The molecule has 1 fully saturated rings. The maximum atomic E-state index is 14.0. The molecule has 1 aliphatic heterocycles. The van der Waals surface area contributed by atoms with Crippen molar-refractivity contribution in [2.24, 2.45) is 0 Å². The van der Waals surface area contributed by atoms with E-state index in [1.54, 1.807) is 68.8 Å². The fraction of sp³-hybridized carbons (Fsp3) is 0.303. The summed E-state index contributed by atoms with van der Waals surface area (Å²) in [6.07, 6.45) is 1.59. The number of amides is 2. The number of anilines is 2. The fourth-order valence-electron chi connectivity index (χ4n) is 4.70. The number of methoxy groups -OCH3 is 2. The zero-order valence-electron chi connectivity index (χ0n) is 24.7. The molecule has 3 aromatic rings. The van der Waals surface area contributed by atoms with Gasteiger partial charge < -0.3 is 14.6 Å². The largest absolute Gasteiger partial charge is 0.507 e. The molecular weight excluding hydrogens is 536 g/mol. The van der Waals surface area contributed by atoms with Crippen molar-refractivity contribution in [1.82, 2.24) is 0 Å². The van der Waals surface area contributed by atoms with Crippen molar-refractivity contribution in [2.45, 2.75) is 52.4 Å². The van der Waals surface area contributed by atoms with Crippen molar-refractivity contribution in [3.05, 3.63) is 82.9 Å². The lowest BCUT2D eigenvalue weighted by Crippen LogP contribution is -2.56. The van der Waals surface area contributed by atoms with Crippen LogP contribution in [-0.4, -0.2) is 36.3 Å². The van der Waals surface area contributed by atoms with Crippen LogP contribution in [0.1, 0.15) is 58.2 Å². The molecule has 0 saturated carbocycles. The lowest BCUT2D eigenvalue weighted by molar-refractivity contribution is -0.120. The number of ether oxygens (including phenoxy) is 2. The van der Waals surface area contributed by atoms with E-state index in [9.17, 15) is 14.7 Å². The van der Waals surface area contributed by atoms with E-state index in [-0.39, 0.29) is 27.3 Å². The molecule has 0 atom stereocenters. The van der Waals surface area contributed by atoms with Crippen molar-refractivity contribution in [2.75, 3.05) is 24.0 Å². The SMILES string of the molecule is COc1ccc(N2C(=O)C(=Cc3cc(C(C)(C)C)c(O)c(C(C)(C)C)c3)C(=O)N(c3ccc(OC)cc3)C2=S)cc1. The number of aromatic hydroxyl groups is 1. The standard InChI is InChI=1S/C33H36N2O5S/c1-32(2,3)26-18-20(19-27(28(26)36)33(4,5)6)17-25-29(37)34(21-9-13-23(39-7)14-10-21)31(41)35(30(25)38)22-11-15-24(40-8)16-12-22/h9-19,36H,1-8H3. The Morgan fingerprint density at radius 1 is 0.707 bits per heavy atom. The molecule has 1 saturated heterocycles. The number of phenolic OH excluding ortho intramolecular Hbond substituents is 1. The van der Waals surface area contributed by atoms with E-state index in [1.165, 1.54) is 9.80 Å². The summed E-state index contributed by atoms with van der Waals surface area (Å²) < 4.78 is 10.6. The van der Waals surface area contributed by atoms with Crippen LogP contribution in [0.3, 0.4) is 0 Å². The molecule has 0 unspecified atom stereocenters. The van der Waals surface area contributed by atoms with Gasteiger partial charge >= 0.3 is 0 Å². The topological polar surface area (TPSA) is 79.3 Å². The third-order valence-electron chi connectivity index (χ3n) is 6.97. The first kappa shape index (κ1) is 29.8. The first-order valence-corrected chi connectivity index (χ1v) is 13.7. The number of hydrogen-bond acceptors (Lipinski definition) is 6. The minimum absolute atomic E-state index is 0.0314. The normalized spacial score (nSPS) is 14.4. The Balaban J connectivity index is 1.94. The summed E-state index contributed by atoms with van der Waals surface area (Å²) in [7, 11) is 3.12. The molecule has 4 rings (SSSR count). The highest BCUT2D eigenvalue weighted by molar-refractivity contribution is 7.81. The van der Waals surface area contributed by atoms with Gasteiger partial charge in [-0.05, 0) is 95.4 Å². The molecule has 3 aromatic carbocycles. The molecule has 41 heavy (non-hydrogen) atoms. The smallest absolute Gasteiger partial charge is 0.270 e. The highest BCUT2D eigenvalue weighted by Gasteiger charge is 2.41. The molecular formula is C33H36N2O5S. The monoisotopic (exact) mass is 572 g/mol. The average molecular weight is 573 g/mol. The molecule has 1 N–H and O–H groups in total. The number of thiocarbonyl (C=S) groups is 1. The maximum Gasteiger partial charge on any atom is 0.270 e. The Kier molecular flexibility index (Phi) is 8.00. The van der Waals surface area contributed by atoms with Crippen molar-refractivity contribution >= 4 is 46.6 Å². The molecule has 7 nitrogen and oxygen atoms in total. The number of benzene rings is 3. The zero-order valence-corrected chi connectivity index (χ0v) is 25.6. The van der Waals surface area contributed by atoms with Crippen molar-refractivity contribution < 1.29 is 24.2 Å². The van der Waals surface area contributed by atoms with Gasteiger partial charge in [-0.1, -0.05) is 41.5 Å². The Morgan fingerprint density at radius 3 is 1.39 bits per heavy atom. The predicted molar refractivity (Wildman–Crippen MR) is 167 cm³/mol. The van der Waals surface area contributed by atoms with Gasteiger partial charge in [0.2, 0.25) is 0 Å². The number of phenols is 1. The van der Waals surface area contributed by atoms with Crippen molar-refractivity contribution in [3.63, 3.8) is 0 Å². The summed E-state index contributed by atoms with van der Waals surface area (Å²) in [5.41, 5.74) is 2.24. The van der Waals surface area contributed by atoms with Crippen molar-refractivity contribution in [1.29, 1.82) is 0 Å². The summed E-state index contributed by atoms with van der Waals surface area (Å²) in [6, 6.07) is 17.5. The number of rotatable bonds is 5. The Morgan fingerprint density at radius 2 is 1.07 bits per heavy atom. The van der Waals surface area contributed by atoms with Crippen LogP contribution >= 0.6 is 12.2 Å². The number of hydrogen-bond donors (Lipinski definition) is 1. The number of nitrogens with zero attached hydrogens (tertiary/aromatic N) is 2. The van der Waals surface area contributed by atoms with E-state index < -0.39 is 11.8 Å². The van der Waals surface area contributed by atoms with Crippen LogP contribution in [0, 0.1) is 0 Å². The van der Waals surface area contributed by atoms with Gasteiger partial charge in [0.1, 0.15) is 22.8 Å². The quantitative estimate of drug-likeness (QED) is 0.207. The third kappa shape index (κ3) is 5.84. The first-order chi connectivity index (χ1) is 19.2. The van der Waals surface area contributed by atoms with Gasteiger partial charge in [0, 0.05) is 11.1 Å². The minimum Gasteiger partial charge on any atom is -0.507 e. The molecule has 0 bridgehead atoms. The van der Waals surface area contributed by atoms with Crippen LogP contribution in [-0.2, 0) is 20.4 Å².